The van der Waals surface area contributed by atoms with E-state index in [0.717, 1.165) is 18.5 Å². The number of aryl methyl sites for hydroxylation is 1. The number of hydrogen-bond acceptors (Lipinski definition) is 4. The lowest BCUT2D eigenvalue weighted by atomic mass is 10.2. The summed E-state index contributed by atoms with van der Waals surface area (Å²) < 4.78 is 0. The molecule has 1 heterocycles. The molecular formula is C12H18N4O. The first-order chi connectivity index (χ1) is 8.06. The smallest absolute Gasteiger partial charge is 0.242 e. The summed E-state index contributed by atoms with van der Waals surface area (Å²) in [7, 11) is 0. The lowest BCUT2D eigenvalue weighted by Crippen LogP contribution is -2.39. The Morgan fingerprint density at radius 1 is 1.53 bits per heavy atom. The summed E-state index contributed by atoms with van der Waals surface area (Å²) in [5.41, 5.74) is 7.22. The van der Waals surface area contributed by atoms with Crippen LogP contribution in [0.15, 0.2) is 12.1 Å². The number of aromatic nitrogens is 1. The van der Waals surface area contributed by atoms with E-state index in [4.69, 9.17) is 5.73 Å². The fraction of sp³-hybridized carbons (Fsp3) is 0.500. The normalized spacial score (nSPS) is 16.4. The van der Waals surface area contributed by atoms with Crippen LogP contribution in [0.4, 0.5) is 11.5 Å². The van der Waals surface area contributed by atoms with Crippen LogP contribution < -0.4 is 16.4 Å². The Labute approximate surface area is 101 Å². The number of nitrogens with two attached hydrogens (primary N) is 1. The van der Waals surface area contributed by atoms with Gasteiger partial charge < -0.3 is 16.4 Å². The first-order valence-electron chi connectivity index (χ1n) is 5.86. The van der Waals surface area contributed by atoms with Crippen LogP contribution in [0, 0.1) is 6.92 Å². The number of anilines is 2. The Morgan fingerprint density at radius 2 is 2.24 bits per heavy atom. The third-order valence-corrected chi connectivity index (χ3v) is 2.74. The summed E-state index contributed by atoms with van der Waals surface area (Å²) in [5.74, 6) is 0.568. The Morgan fingerprint density at radius 3 is 2.88 bits per heavy atom. The minimum absolute atomic E-state index is 0.00444. The van der Waals surface area contributed by atoms with Crippen molar-refractivity contribution in [1.82, 2.24) is 10.3 Å². The topological polar surface area (TPSA) is 80.0 Å². The van der Waals surface area contributed by atoms with Crippen molar-refractivity contribution in [2.24, 2.45) is 0 Å². The molecule has 1 atom stereocenters. The molecule has 0 saturated heterocycles. The van der Waals surface area contributed by atoms with Crippen molar-refractivity contribution in [3.05, 3.63) is 17.8 Å². The molecule has 0 aliphatic heterocycles. The average Bonchev–Trinajstić information content (AvgIpc) is 3.07. The highest BCUT2D eigenvalue weighted by molar-refractivity contribution is 5.85. The quantitative estimate of drug-likeness (QED) is 0.727. The molecule has 0 aromatic carbocycles. The average molecular weight is 234 g/mol. The van der Waals surface area contributed by atoms with Gasteiger partial charge in [-0.2, -0.15) is 0 Å². The van der Waals surface area contributed by atoms with E-state index in [1.807, 2.05) is 13.0 Å². The molecule has 17 heavy (non-hydrogen) atoms. The predicted octanol–water partition coefficient (Wildman–Crippen LogP) is 1.05. The molecule has 1 amide bonds. The second-order valence-electron chi connectivity index (χ2n) is 4.54. The zero-order valence-corrected chi connectivity index (χ0v) is 10.2. The van der Waals surface area contributed by atoms with E-state index in [0.29, 0.717) is 17.5 Å². The largest absolute Gasteiger partial charge is 0.396 e. The number of carbonyl (C=O) groups is 1. The van der Waals surface area contributed by atoms with Gasteiger partial charge in [-0.25, -0.2) is 4.98 Å². The molecule has 1 aromatic heterocycles. The van der Waals surface area contributed by atoms with E-state index in [1.54, 1.807) is 13.0 Å². The molecule has 92 valence electrons. The van der Waals surface area contributed by atoms with Crippen LogP contribution in [0.3, 0.4) is 0 Å². The van der Waals surface area contributed by atoms with E-state index in [2.05, 4.69) is 15.6 Å². The van der Waals surface area contributed by atoms with Gasteiger partial charge in [-0.15, -0.1) is 0 Å². The van der Waals surface area contributed by atoms with E-state index < -0.39 is 0 Å². The van der Waals surface area contributed by atoms with Gasteiger partial charge in [0, 0.05) is 11.7 Å². The molecule has 4 N–H and O–H groups in total. The van der Waals surface area contributed by atoms with Gasteiger partial charge in [0.25, 0.3) is 0 Å². The van der Waals surface area contributed by atoms with E-state index in [9.17, 15) is 4.79 Å². The van der Waals surface area contributed by atoms with Gasteiger partial charge in [-0.3, -0.25) is 4.79 Å². The van der Waals surface area contributed by atoms with E-state index >= 15 is 0 Å². The summed E-state index contributed by atoms with van der Waals surface area (Å²) in [6.07, 6.45) is 2.17. The molecule has 1 fully saturated rings. The number of carbonyl (C=O) groups excluding carboxylic acids is 1. The van der Waals surface area contributed by atoms with Crippen molar-refractivity contribution < 1.29 is 4.79 Å². The number of pyridine rings is 1. The Bertz CT molecular complexity index is 429. The zero-order chi connectivity index (χ0) is 12.4. The summed E-state index contributed by atoms with van der Waals surface area (Å²) in [5, 5.41) is 5.97. The highest BCUT2D eigenvalue weighted by Gasteiger charge is 2.25. The van der Waals surface area contributed by atoms with Crippen LogP contribution in [0.2, 0.25) is 0 Å². The fourth-order valence-corrected chi connectivity index (χ4v) is 1.51. The van der Waals surface area contributed by atoms with Gasteiger partial charge in [0.05, 0.1) is 5.69 Å². The Hall–Kier alpha value is -1.78. The lowest BCUT2D eigenvalue weighted by Gasteiger charge is -2.15. The first-order valence-corrected chi connectivity index (χ1v) is 5.86. The molecule has 1 aromatic rings. The van der Waals surface area contributed by atoms with Gasteiger partial charge in [0.15, 0.2) is 0 Å². The highest BCUT2D eigenvalue weighted by atomic mass is 16.2. The van der Waals surface area contributed by atoms with Crippen molar-refractivity contribution in [2.45, 2.75) is 38.8 Å². The first kappa shape index (κ1) is 11.7. The van der Waals surface area contributed by atoms with Gasteiger partial charge >= 0.3 is 0 Å². The summed E-state index contributed by atoms with van der Waals surface area (Å²) >= 11 is 0. The molecule has 0 spiro atoms. The summed E-state index contributed by atoms with van der Waals surface area (Å²) in [6.45, 7) is 3.70. The van der Waals surface area contributed by atoms with Crippen molar-refractivity contribution in [3.63, 3.8) is 0 Å². The van der Waals surface area contributed by atoms with Crippen LogP contribution in [0.1, 0.15) is 25.5 Å². The zero-order valence-electron chi connectivity index (χ0n) is 10.2. The minimum Gasteiger partial charge on any atom is -0.396 e. The van der Waals surface area contributed by atoms with Gasteiger partial charge in [0.1, 0.15) is 11.9 Å². The van der Waals surface area contributed by atoms with Crippen molar-refractivity contribution in [3.8, 4) is 0 Å². The third kappa shape index (κ3) is 3.09. The molecule has 5 nitrogen and oxygen atoms in total. The number of nitrogen functional groups attached to an aromatic ring is 1. The highest BCUT2D eigenvalue weighted by Crippen LogP contribution is 2.20. The molecule has 1 unspecified atom stereocenters. The SMILES string of the molecule is Cc1ccc(N)c(NC(C)C(=O)NC2CC2)n1. The standard InChI is InChI=1S/C12H18N4O/c1-7-3-6-10(13)11(14-7)15-8(2)12(17)16-9-4-5-9/h3,6,8-9H,4-5,13H2,1-2H3,(H,14,15)(H,16,17). The lowest BCUT2D eigenvalue weighted by molar-refractivity contribution is -0.121. The van der Waals surface area contributed by atoms with Crippen LogP contribution in [0.25, 0.3) is 0 Å². The van der Waals surface area contributed by atoms with Gasteiger partial charge in [0.2, 0.25) is 5.91 Å². The van der Waals surface area contributed by atoms with Crippen molar-refractivity contribution in [2.75, 3.05) is 11.1 Å². The summed E-state index contributed by atoms with van der Waals surface area (Å²) in [6, 6.07) is 3.67. The molecule has 1 aliphatic rings. The molecule has 2 rings (SSSR count). The minimum atomic E-state index is -0.327. The van der Waals surface area contributed by atoms with E-state index in [1.165, 1.54) is 0 Å². The predicted molar refractivity (Wildman–Crippen MR) is 67.6 cm³/mol. The van der Waals surface area contributed by atoms with Crippen LogP contribution in [-0.4, -0.2) is 23.0 Å². The monoisotopic (exact) mass is 234 g/mol. The fourth-order valence-electron chi connectivity index (χ4n) is 1.51. The second kappa shape index (κ2) is 4.61. The molecule has 5 heteroatoms. The van der Waals surface area contributed by atoms with E-state index in [-0.39, 0.29) is 11.9 Å². The maximum atomic E-state index is 11.8. The number of rotatable bonds is 4. The Balaban J connectivity index is 1.98. The third-order valence-electron chi connectivity index (χ3n) is 2.74. The van der Waals surface area contributed by atoms with Gasteiger partial charge in [-0.1, -0.05) is 0 Å². The molecule has 0 radical (unpaired) electrons. The number of nitrogens with one attached hydrogen (secondary N) is 2. The summed E-state index contributed by atoms with van der Waals surface area (Å²) in [4.78, 5) is 16.0. The van der Waals surface area contributed by atoms with Crippen LogP contribution in [0.5, 0.6) is 0 Å². The van der Waals surface area contributed by atoms with Crippen LogP contribution in [-0.2, 0) is 4.79 Å². The Kier molecular flexibility index (Phi) is 3.17. The maximum absolute atomic E-state index is 11.8. The molecule has 1 saturated carbocycles. The molecular weight excluding hydrogens is 216 g/mol. The van der Waals surface area contributed by atoms with Crippen LogP contribution >= 0.6 is 0 Å². The number of hydrogen-bond donors (Lipinski definition) is 3. The molecule has 0 bridgehead atoms. The van der Waals surface area contributed by atoms with Gasteiger partial charge in [-0.05, 0) is 38.8 Å². The number of amides is 1. The maximum Gasteiger partial charge on any atom is 0.242 e. The number of nitrogens with zero attached hydrogens (tertiary/aromatic N) is 1. The van der Waals surface area contributed by atoms with Crippen molar-refractivity contribution in [1.29, 1.82) is 0 Å². The molecule has 1 aliphatic carbocycles. The second-order valence-corrected chi connectivity index (χ2v) is 4.54. The van der Waals surface area contributed by atoms with Crippen molar-refractivity contribution >= 4 is 17.4 Å².